The van der Waals surface area contributed by atoms with Gasteiger partial charge in [0.2, 0.25) is 0 Å². The first kappa shape index (κ1) is 18.7. The predicted molar refractivity (Wildman–Crippen MR) is 87.7 cm³/mol. The smallest absolute Gasteiger partial charge is 0.283 e. The summed E-state index contributed by atoms with van der Waals surface area (Å²) in [5.41, 5.74) is 5.54. The fourth-order valence-electron chi connectivity index (χ4n) is 2.63. The summed E-state index contributed by atoms with van der Waals surface area (Å²) in [7, 11) is 0. The monoisotopic (exact) mass is 347 g/mol. The molecule has 0 aromatic heterocycles. The fourth-order valence-corrected chi connectivity index (χ4v) is 2.80. The van der Waals surface area contributed by atoms with E-state index in [-0.39, 0.29) is 28.7 Å². The van der Waals surface area contributed by atoms with E-state index in [1.54, 1.807) is 0 Å². The van der Waals surface area contributed by atoms with E-state index >= 15 is 0 Å². The van der Waals surface area contributed by atoms with Crippen LogP contribution in [0.5, 0.6) is 0 Å². The molecule has 1 aromatic rings. The maximum absolute atomic E-state index is 12.2. The van der Waals surface area contributed by atoms with Gasteiger partial charge in [-0.15, -0.1) is 12.4 Å². The third kappa shape index (κ3) is 4.56. The number of nitrogens with two attached hydrogens (primary N) is 1. The number of nitrogens with one attached hydrogen (secondary N) is 1. The number of rotatable bonds is 4. The standard InChI is InChI=1S/C14H18ClN3O3.ClH/c15-10-4-5-11(12(8-10)18(20)21)13(19)17-9-14(16)6-2-1-3-7-14;/h4-5,8H,1-3,6-7,9,16H2,(H,17,19);1H. The fraction of sp³-hybridized carbons (Fsp3) is 0.500. The molecule has 2 rings (SSSR count). The van der Waals surface area contributed by atoms with Crippen LogP contribution in [0.1, 0.15) is 42.5 Å². The van der Waals surface area contributed by atoms with Gasteiger partial charge < -0.3 is 11.1 Å². The average Bonchev–Trinajstić information content (AvgIpc) is 2.45. The number of hydrogen-bond donors (Lipinski definition) is 2. The lowest BCUT2D eigenvalue weighted by Crippen LogP contribution is -2.51. The van der Waals surface area contributed by atoms with Crippen molar-refractivity contribution in [3.8, 4) is 0 Å². The lowest BCUT2D eigenvalue weighted by molar-refractivity contribution is -0.385. The zero-order chi connectivity index (χ0) is 15.5. The second kappa shape index (κ2) is 7.76. The number of nitro benzene ring substituents is 1. The normalized spacial score (nSPS) is 16.5. The van der Waals surface area contributed by atoms with Crippen LogP contribution in [-0.2, 0) is 0 Å². The van der Waals surface area contributed by atoms with E-state index in [1.807, 2.05) is 0 Å². The van der Waals surface area contributed by atoms with E-state index in [9.17, 15) is 14.9 Å². The van der Waals surface area contributed by atoms with Gasteiger partial charge in [0.1, 0.15) is 5.56 Å². The highest BCUT2D eigenvalue weighted by Crippen LogP contribution is 2.26. The van der Waals surface area contributed by atoms with Gasteiger partial charge >= 0.3 is 0 Å². The molecular formula is C14H19Cl2N3O3. The summed E-state index contributed by atoms with van der Waals surface area (Å²) in [5, 5.41) is 13.9. The van der Waals surface area contributed by atoms with Crippen molar-refractivity contribution < 1.29 is 9.72 Å². The van der Waals surface area contributed by atoms with Crippen LogP contribution in [-0.4, -0.2) is 22.9 Å². The van der Waals surface area contributed by atoms with Crippen molar-refractivity contribution in [3.05, 3.63) is 38.9 Å². The van der Waals surface area contributed by atoms with Gasteiger partial charge in [-0.1, -0.05) is 30.9 Å². The minimum Gasteiger partial charge on any atom is -0.350 e. The maximum atomic E-state index is 12.2. The summed E-state index contributed by atoms with van der Waals surface area (Å²) < 4.78 is 0. The molecule has 22 heavy (non-hydrogen) atoms. The third-order valence-corrected chi connectivity index (χ3v) is 4.09. The second-order valence-electron chi connectivity index (χ2n) is 5.52. The first-order valence-electron chi connectivity index (χ1n) is 6.92. The van der Waals surface area contributed by atoms with Crippen molar-refractivity contribution in [1.29, 1.82) is 0 Å². The Bertz CT molecular complexity index is 560. The quantitative estimate of drug-likeness (QED) is 0.645. The van der Waals surface area contributed by atoms with Crippen LogP contribution < -0.4 is 11.1 Å². The van der Waals surface area contributed by atoms with Crippen LogP contribution >= 0.6 is 24.0 Å². The van der Waals surface area contributed by atoms with Gasteiger partial charge in [0, 0.05) is 23.2 Å². The van der Waals surface area contributed by atoms with E-state index in [1.165, 1.54) is 18.2 Å². The lowest BCUT2D eigenvalue weighted by atomic mass is 9.82. The Balaban J connectivity index is 0.00000242. The molecule has 0 saturated heterocycles. The topological polar surface area (TPSA) is 98.3 Å². The van der Waals surface area contributed by atoms with Crippen molar-refractivity contribution in [2.24, 2.45) is 5.73 Å². The molecule has 122 valence electrons. The summed E-state index contributed by atoms with van der Waals surface area (Å²) in [4.78, 5) is 22.5. The Morgan fingerprint density at radius 1 is 1.36 bits per heavy atom. The van der Waals surface area contributed by atoms with E-state index in [0.29, 0.717) is 6.54 Å². The molecule has 0 radical (unpaired) electrons. The molecule has 1 aliphatic carbocycles. The minimum atomic E-state index is -0.611. The van der Waals surface area contributed by atoms with Crippen LogP contribution in [0.4, 0.5) is 5.69 Å². The number of carbonyl (C=O) groups is 1. The highest BCUT2D eigenvalue weighted by molar-refractivity contribution is 6.31. The van der Waals surface area contributed by atoms with Crippen LogP contribution in [0.2, 0.25) is 5.02 Å². The number of benzene rings is 1. The molecule has 6 nitrogen and oxygen atoms in total. The van der Waals surface area contributed by atoms with E-state index in [4.69, 9.17) is 17.3 Å². The van der Waals surface area contributed by atoms with Crippen molar-refractivity contribution >= 4 is 35.6 Å². The average molecular weight is 348 g/mol. The van der Waals surface area contributed by atoms with Crippen LogP contribution in [0, 0.1) is 10.1 Å². The van der Waals surface area contributed by atoms with E-state index < -0.39 is 16.4 Å². The van der Waals surface area contributed by atoms with E-state index in [0.717, 1.165) is 32.1 Å². The highest BCUT2D eigenvalue weighted by atomic mass is 35.5. The summed E-state index contributed by atoms with van der Waals surface area (Å²) in [6.45, 7) is 0.325. The van der Waals surface area contributed by atoms with Crippen molar-refractivity contribution in [2.45, 2.75) is 37.6 Å². The molecule has 1 saturated carbocycles. The lowest BCUT2D eigenvalue weighted by Gasteiger charge is -2.33. The number of carbonyl (C=O) groups excluding carboxylic acids is 1. The second-order valence-corrected chi connectivity index (χ2v) is 5.96. The molecule has 0 spiro atoms. The number of hydrogen-bond acceptors (Lipinski definition) is 4. The van der Waals surface area contributed by atoms with Gasteiger partial charge in [0.05, 0.1) is 4.92 Å². The molecule has 0 aliphatic heterocycles. The molecule has 1 aliphatic rings. The maximum Gasteiger partial charge on any atom is 0.283 e. The summed E-state index contributed by atoms with van der Waals surface area (Å²) in [6.07, 6.45) is 4.97. The summed E-state index contributed by atoms with van der Waals surface area (Å²) >= 11 is 5.73. The number of amides is 1. The van der Waals surface area contributed by atoms with Gasteiger partial charge in [-0.2, -0.15) is 0 Å². The molecule has 1 fully saturated rings. The SMILES string of the molecule is Cl.NC1(CNC(=O)c2ccc(Cl)cc2[N+](=O)[O-])CCCCC1. The minimum absolute atomic E-state index is 0. The van der Waals surface area contributed by atoms with Gasteiger partial charge in [0.15, 0.2) is 0 Å². The molecule has 1 amide bonds. The van der Waals surface area contributed by atoms with Crippen molar-refractivity contribution in [1.82, 2.24) is 5.32 Å². The Morgan fingerprint density at radius 2 is 2.00 bits per heavy atom. The first-order chi connectivity index (χ1) is 9.91. The number of nitrogens with zero attached hydrogens (tertiary/aromatic N) is 1. The highest BCUT2D eigenvalue weighted by Gasteiger charge is 2.29. The molecule has 0 bridgehead atoms. The van der Waals surface area contributed by atoms with Crippen LogP contribution in [0.15, 0.2) is 18.2 Å². The van der Waals surface area contributed by atoms with Crippen molar-refractivity contribution in [2.75, 3.05) is 6.54 Å². The van der Waals surface area contributed by atoms with Crippen molar-refractivity contribution in [3.63, 3.8) is 0 Å². The zero-order valence-electron chi connectivity index (χ0n) is 12.0. The number of nitro groups is 1. The summed E-state index contributed by atoms with van der Waals surface area (Å²) in [6, 6.07) is 4.00. The van der Waals surface area contributed by atoms with Gasteiger partial charge in [-0.25, -0.2) is 0 Å². The number of halogens is 2. The Morgan fingerprint density at radius 3 is 2.59 bits per heavy atom. The molecule has 1 aromatic carbocycles. The summed E-state index contributed by atoms with van der Waals surface area (Å²) in [5.74, 6) is -0.492. The largest absolute Gasteiger partial charge is 0.350 e. The first-order valence-corrected chi connectivity index (χ1v) is 7.30. The Hall–Kier alpha value is -1.37. The zero-order valence-corrected chi connectivity index (χ0v) is 13.6. The van der Waals surface area contributed by atoms with Gasteiger partial charge in [-0.3, -0.25) is 14.9 Å². The Labute approximate surface area is 140 Å². The predicted octanol–water partition coefficient (Wildman–Crippen LogP) is 3.06. The van der Waals surface area contributed by atoms with Gasteiger partial charge in [-0.05, 0) is 25.0 Å². The van der Waals surface area contributed by atoms with Crippen LogP contribution in [0.3, 0.4) is 0 Å². The molecule has 0 heterocycles. The van der Waals surface area contributed by atoms with Gasteiger partial charge in [0.25, 0.3) is 11.6 Å². The molecular weight excluding hydrogens is 329 g/mol. The molecule has 0 unspecified atom stereocenters. The van der Waals surface area contributed by atoms with Crippen LogP contribution in [0.25, 0.3) is 0 Å². The molecule has 8 heteroatoms. The third-order valence-electron chi connectivity index (χ3n) is 3.85. The Kier molecular flexibility index (Phi) is 6.59. The van der Waals surface area contributed by atoms with E-state index in [2.05, 4.69) is 5.32 Å². The molecule has 0 atom stereocenters. The molecule has 3 N–H and O–H groups in total.